The van der Waals surface area contributed by atoms with E-state index in [0.29, 0.717) is 55.0 Å². The van der Waals surface area contributed by atoms with Crippen LogP contribution in [0.5, 0.6) is 11.6 Å². The van der Waals surface area contributed by atoms with E-state index in [1.807, 2.05) is 6.07 Å². The fraction of sp³-hybridized carbons (Fsp3) is 0.250. The number of hydrogen-bond acceptors (Lipinski definition) is 9. The van der Waals surface area contributed by atoms with E-state index < -0.39 is 24.1 Å². The van der Waals surface area contributed by atoms with Gasteiger partial charge in [-0.1, -0.05) is 22.9 Å². The molecule has 41 heavy (non-hydrogen) atoms. The molecule has 0 radical (unpaired) electrons. The first-order valence-electron chi connectivity index (χ1n) is 12.5. The maximum Gasteiger partial charge on any atom is 0.412 e. The third-order valence-corrected chi connectivity index (χ3v) is 7.76. The highest BCUT2D eigenvalue weighted by atomic mass is 35.5. The molecular weight excluding hydrogens is 573 g/mol. The van der Waals surface area contributed by atoms with Crippen LogP contribution in [0, 0.1) is 5.82 Å². The van der Waals surface area contributed by atoms with Gasteiger partial charge in [0.1, 0.15) is 27.2 Å². The van der Waals surface area contributed by atoms with Crippen LogP contribution in [-0.4, -0.2) is 62.1 Å². The summed E-state index contributed by atoms with van der Waals surface area (Å²) in [5, 5.41) is 20.8. The summed E-state index contributed by atoms with van der Waals surface area (Å²) in [4.78, 5) is 31.3. The summed E-state index contributed by atoms with van der Waals surface area (Å²) < 4.78 is 26.2. The monoisotopic (exact) mass is 597 g/mol. The van der Waals surface area contributed by atoms with Crippen LogP contribution in [0.4, 0.5) is 14.9 Å². The van der Waals surface area contributed by atoms with Crippen molar-refractivity contribution in [3.63, 3.8) is 0 Å². The highest BCUT2D eigenvalue weighted by Gasteiger charge is 2.29. The molecule has 212 valence electrons. The molecule has 0 aliphatic carbocycles. The fourth-order valence-corrected chi connectivity index (χ4v) is 5.47. The molecular formula is C28H25ClFN5O5S. The zero-order valence-corrected chi connectivity index (χ0v) is 23.8. The SMILES string of the molecule is COc1cnc2c(-c3nc4cc(F)c(O[C@@H](C)[C@@H](C)N(C(=O)O)c5ccc(CCO)nc5)nc4s3)cc(Cl)cc2c1. The van der Waals surface area contributed by atoms with Crippen molar-refractivity contribution >= 4 is 56.0 Å². The minimum Gasteiger partial charge on any atom is -0.495 e. The summed E-state index contributed by atoms with van der Waals surface area (Å²) >= 11 is 7.60. The lowest BCUT2D eigenvalue weighted by Gasteiger charge is -2.30. The van der Waals surface area contributed by atoms with Crippen LogP contribution >= 0.6 is 22.9 Å². The zero-order valence-electron chi connectivity index (χ0n) is 22.2. The Kier molecular flexibility index (Phi) is 8.15. The lowest BCUT2D eigenvalue weighted by Crippen LogP contribution is -2.46. The Bertz CT molecular complexity index is 1740. The van der Waals surface area contributed by atoms with Gasteiger partial charge in [0.25, 0.3) is 5.88 Å². The molecule has 2 atom stereocenters. The number of aliphatic hydroxyl groups is 1. The van der Waals surface area contributed by atoms with Gasteiger partial charge in [0.15, 0.2) is 5.82 Å². The second kappa shape index (κ2) is 11.8. The molecule has 5 aromatic rings. The van der Waals surface area contributed by atoms with E-state index in [-0.39, 0.29) is 12.5 Å². The maximum atomic E-state index is 15.1. The molecule has 4 heterocycles. The normalized spacial score (nSPS) is 12.8. The predicted molar refractivity (Wildman–Crippen MR) is 155 cm³/mol. The van der Waals surface area contributed by atoms with Gasteiger partial charge in [0.05, 0.1) is 36.7 Å². The van der Waals surface area contributed by atoms with Crippen LogP contribution in [0.25, 0.3) is 31.8 Å². The van der Waals surface area contributed by atoms with E-state index in [1.165, 1.54) is 23.6 Å². The average Bonchev–Trinajstić information content (AvgIpc) is 3.35. The molecule has 1 amide bonds. The number of anilines is 1. The number of pyridine rings is 3. The van der Waals surface area contributed by atoms with Crippen molar-refractivity contribution < 1.29 is 28.9 Å². The Morgan fingerprint density at radius 3 is 2.63 bits per heavy atom. The quantitative estimate of drug-likeness (QED) is 0.211. The second-order valence-electron chi connectivity index (χ2n) is 9.22. The molecule has 0 unspecified atom stereocenters. The lowest BCUT2D eigenvalue weighted by molar-refractivity contribution is 0.162. The molecule has 0 saturated carbocycles. The summed E-state index contributed by atoms with van der Waals surface area (Å²) in [6, 6.07) is 9.08. The van der Waals surface area contributed by atoms with E-state index in [9.17, 15) is 9.90 Å². The highest BCUT2D eigenvalue weighted by molar-refractivity contribution is 7.21. The number of rotatable bonds is 9. The molecule has 4 aromatic heterocycles. The molecule has 0 aliphatic heterocycles. The molecule has 0 fully saturated rings. The Hall–Kier alpha value is -4.13. The number of hydrogen-bond donors (Lipinski definition) is 2. The van der Waals surface area contributed by atoms with Crippen molar-refractivity contribution in [2.24, 2.45) is 0 Å². The number of halogens is 2. The van der Waals surface area contributed by atoms with Crippen LogP contribution in [0.2, 0.25) is 5.02 Å². The molecule has 0 aliphatic rings. The van der Waals surface area contributed by atoms with Crippen LogP contribution in [0.15, 0.2) is 48.8 Å². The number of aromatic nitrogens is 4. The lowest BCUT2D eigenvalue weighted by atomic mass is 10.1. The van der Waals surface area contributed by atoms with Crippen molar-refractivity contribution in [3.8, 4) is 22.2 Å². The van der Waals surface area contributed by atoms with Gasteiger partial charge in [-0.05, 0) is 44.2 Å². The van der Waals surface area contributed by atoms with Gasteiger partial charge < -0.3 is 19.7 Å². The van der Waals surface area contributed by atoms with Crippen molar-refractivity contribution in [3.05, 3.63) is 65.3 Å². The topological polar surface area (TPSA) is 131 Å². The van der Waals surface area contributed by atoms with E-state index in [4.69, 9.17) is 26.2 Å². The third kappa shape index (κ3) is 5.85. The van der Waals surface area contributed by atoms with Crippen molar-refractivity contribution in [2.45, 2.75) is 32.4 Å². The van der Waals surface area contributed by atoms with Crippen molar-refractivity contribution in [1.29, 1.82) is 0 Å². The zero-order chi connectivity index (χ0) is 29.3. The maximum absolute atomic E-state index is 15.1. The number of aliphatic hydroxyl groups excluding tert-OH is 1. The van der Waals surface area contributed by atoms with Gasteiger partial charge in [-0.15, -0.1) is 0 Å². The smallest absolute Gasteiger partial charge is 0.412 e. The Morgan fingerprint density at radius 2 is 1.95 bits per heavy atom. The molecule has 0 spiro atoms. The minimum atomic E-state index is -1.22. The van der Waals surface area contributed by atoms with E-state index in [0.717, 1.165) is 10.3 Å². The molecule has 10 nitrogen and oxygen atoms in total. The molecule has 2 N–H and O–H groups in total. The molecule has 0 bridgehead atoms. The first kappa shape index (κ1) is 28.4. The van der Waals surface area contributed by atoms with Gasteiger partial charge in [0, 0.05) is 40.8 Å². The summed E-state index contributed by atoms with van der Waals surface area (Å²) in [5.74, 6) is -0.419. The number of carboxylic acid groups (broad SMARTS) is 1. The average molecular weight is 598 g/mol. The van der Waals surface area contributed by atoms with Gasteiger partial charge in [0.2, 0.25) is 0 Å². The number of amides is 1. The third-order valence-electron chi connectivity index (χ3n) is 6.54. The minimum absolute atomic E-state index is 0.0672. The van der Waals surface area contributed by atoms with Crippen molar-refractivity contribution in [2.75, 3.05) is 18.6 Å². The number of nitrogens with zero attached hydrogens (tertiary/aromatic N) is 5. The molecule has 0 saturated heterocycles. The molecule has 5 rings (SSSR count). The van der Waals surface area contributed by atoms with Gasteiger partial charge >= 0.3 is 6.09 Å². The number of ether oxygens (including phenoxy) is 2. The van der Waals surface area contributed by atoms with Crippen LogP contribution < -0.4 is 14.4 Å². The Morgan fingerprint density at radius 1 is 1.15 bits per heavy atom. The number of methoxy groups -OCH3 is 1. The summed E-state index contributed by atoms with van der Waals surface area (Å²) in [6.45, 7) is 3.21. The number of fused-ring (bicyclic) bond motifs is 2. The van der Waals surface area contributed by atoms with E-state index in [1.54, 1.807) is 51.4 Å². The molecule has 13 heteroatoms. The number of benzene rings is 1. The van der Waals surface area contributed by atoms with Crippen LogP contribution in [0.1, 0.15) is 19.5 Å². The first-order valence-corrected chi connectivity index (χ1v) is 13.7. The van der Waals surface area contributed by atoms with Crippen LogP contribution in [0.3, 0.4) is 0 Å². The van der Waals surface area contributed by atoms with Gasteiger partial charge in [-0.2, -0.15) is 4.98 Å². The largest absolute Gasteiger partial charge is 0.495 e. The summed E-state index contributed by atoms with van der Waals surface area (Å²) in [5.41, 5.74) is 2.60. The second-order valence-corrected chi connectivity index (χ2v) is 10.6. The summed E-state index contributed by atoms with van der Waals surface area (Å²) in [7, 11) is 1.55. The van der Waals surface area contributed by atoms with Gasteiger partial charge in [-0.25, -0.2) is 14.2 Å². The fourth-order valence-electron chi connectivity index (χ4n) is 4.32. The van der Waals surface area contributed by atoms with E-state index in [2.05, 4.69) is 19.9 Å². The standard InChI is InChI=1S/C28H25ClFN5O5S/c1-14(35(28(37)38)19-5-4-18(6-7-36)31-12-19)15(2)40-25-22(30)11-23-27(34-25)41-26(33-23)21-10-17(29)8-16-9-20(39-3)13-32-24(16)21/h4-5,8-15,36H,6-7H2,1-3H3,(H,37,38)/t14-,15+/m1/s1. The Labute approximate surface area is 243 Å². The first-order chi connectivity index (χ1) is 19.7. The van der Waals surface area contributed by atoms with E-state index >= 15 is 4.39 Å². The Balaban J connectivity index is 1.43. The van der Waals surface area contributed by atoms with Crippen LogP contribution in [-0.2, 0) is 6.42 Å². The number of thiazole rings is 1. The summed E-state index contributed by atoms with van der Waals surface area (Å²) in [6.07, 6.45) is 1.36. The molecule has 1 aromatic carbocycles. The number of carbonyl (C=O) groups is 1. The predicted octanol–water partition coefficient (Wildman–Crippen LogP) is 5.98. The van der Waals surface area contributed by atoms with Crippen molar-refractivity contribution in [1.82, 2.24) is 19.9 Å². The van der Waals surface area contributed by atoms with Gasteiger partial charge in [-0.3, -0.25) is 14.9 Å². The highest BCUT2D eigenvalue weighted by Crippen LogP contribution is 2.37.